The number of piperidine rings is 1. The SMILES string of the molecule is CC(C)[C@@H](NC(=O)c1ccc2[nH]ccc2c1)C(=O)N1CC[C@](O)(c2ccc(Cl)cc2)C(C)(C)C1. The van der Waals surface area contributed by atoms with Crippen molar-refractivity contribution in [1.82, 2.24) is 15.2 Å². The van der Waals surface area contributed by atoms with Crippen LogP contribution in [0.15, 0.2) is 54.7 Å². The zero-order valence-corrected chi connectivity index (χ0v) is 20.8. The highest BCUT2D eigenvalue weighted by molar-refractivity contribution is 6.30. The fourth-order valence-corrected chi connectivity index (χ4v) is 5.03. The minimum absolute atomic E-state index is 0.0902. The molecule has 6 nitrogen and oxygen atoms in total. The molecule has 1 saturated heterocycles. The summed E-state index contributed by atoms with van der Waals surface area (Å²) in [7, 11) is 0. The van der Waals surface area contributed by atoms with Crippen LogP contribution < -0.4 is 5.32 Å². The van der Waals surface area contributed by atoms with Gasteiger partial charge in [0.2, 0.25) is 5.91 Å². The van der Waals surface area contributed by atoms with Crippen LogP contribution in [0.4, 0.5) is 0 Å². The molecular formula is C27H32ClN3O3. The maximum Gasteiger partial charge on any atom is 0.251 e. The highest BCUT2D eigenvalue weighted by Gasteiger charge is 2.50. The lowest BCUT2D eigenvalue weighted by Gasteiger charge is -2.51. The Morgan fingerprint density at radius 1 is 1.12 bits per heavy atom. The van der Waals surface area contributed by atoms with Crippen molar-refractivity contribution < 1.29 is 14.7 Å². The third kappa shape index (κ3) is 4.44. The monoisotopic (exact) mass is 481 g/mol. The molecule has 0 aliphatic carbocycles. The average Bonchev–Trinajstić information content (AvgIpc) is 3.26. The summed E-state index contributed by atoms with van der Waals surface area (Å²) in [6, 6.07) is 13.9. The zero-order chi connectivity index (χ0) is 24.7. The van der Waals surface area contributed by atoms with Crippen molar-refractivity contribution >= 4 is 34.3 Å². The summed E-state index contributed by atoms with van der Waals surface area (Å²) < 4.78 is 0. The minimum atomic E-state index is -1.09. The molecule has 34 heavy (non-hydrogen) atoms. The third-order valence-electron chi connectivity index (χ3n) is 7.12. The summed E-state index contributed by atoms with van der Waals surface area (Å²) >= 11 is 6.03. The lowest BCUT2D eigenvalue weighted by atomic mass is 9.66. The van der Waals surface area contributed by atoms with E-state index in [0.29, 0.717) is 30.1 Å². The number of halogens is 1. The normalized spacial score (nSPS) is 21.0. The molecule has 0 saturated carbocycles. The van der Waals surface area contributed by atoms with Gasteiger partial charge < -0.3 is 20.3 Å². The lowest BCUT2D eigenvalue weighted by Crippen LogP contribution is -2.60. The molecule has 1 aromatic heterocycles. The molecule has 3 aromatic rings. The second-order valence-electron chi connectivity index (χ2n) is 10.2. The van der Waals surface area contributed by atoms with Crippen LogP contribution in [0.3, 0.4) is 0 Å². The Labute approximate surface area is 205 Å². The standard InChI is InChI=1S/C27H32ClN3O3/c1-17(2)23(30-24(32)19-5-10-22-18(15-19)11-13-29-22)25(33)31-14-12-27(34,26(3,4)16-31)20-6-8-21(28)9-7-20/h5-11,13,15,17,23,29,34H,12,14,16H2,1-4H3,(H,30,32)/t23-,27+/m1/s1. The fraction of sp³-hybridized carbons (Fsp3) is 0.407. The molecule has 0 bridgehead atoms. The lowest BCUT2D eigenvalue weighted by molar-refractivity contribution is -0.155. The first kappa shape index (κ1) is 24.3. The van der Waals surface area contributed by atoms with Gasteiger partial charge in [0.25, 0.3) is 5.91 Å². The topological polar surface area (TPSA) is 85.4 Å². The van der Waals surface area contributed by atoms with E-state index in [1.807, 2.05) is 64.2 Å². The summed E-state index contributed by atoms with van der Waals surface area (Å²) in [4.78, 5) is 31.5. The van der Waals surface area contributed by atoms with Crippen molar-refractivity contribution in [3.63, 3.8) is 0 Å². The number of hydrogen-bond donors (Lipinski definition) is 3. The third-order valence-corrected chi connectivity index (χ3v) is 7.37. The van der Waals surface area contributed by atoms with E-state index in [1.165, 1.54) is 0 Å². The highest BCUT2D eigenvalue weighted by Crippen LogP contribution is 2.46. The van der Waals surface area contributed by atoms with Crippen LogP contribution in [0, 0.1) is 11.3 Å². The molecule has 1 fully saturated rings. The second kappa shape index (κ2) is 9.08. The summed E-state index contributed by atoms with van der Waals surface area (Å²) in [5, 5.41) is 16.1. The van der Waals surface area contributed by atoms with E-state index in [2.05, 4.69) is 10.3 Å². The zero-order valence-electron chi connectivity index (χ0n) is 20.1. The molecule has 0 unspecified atom stereocenters. The van der Waals surface area contributed by atoms with Gasteiger partial charge in [-0.2, -0.15) is 0 Å². The van der Waals surface area contributed by atoms with Crippen LogP contribution in [0.5, 0.6) is 0 Å². The number of H-pyrrole nitrogens is 1. The van der Waals surface area contributed by atoms with Crippen LogP contribution >= 0.6 is 11.6 Å². The first-order valence-corrected chi connectivity index (χ1v) is 12.0. The number of aliphatic hydroxyl groups is 1. The van der Waals surface area contributed by atoms with Gasteiger partial charge in [-0.15, -0.1) is 0 Å². The molecule has 180 valence electrons. The molecule has 2 atom stereocenters. The predicted molar refractivity (Wildman–Crippen MR) is 135 cm³/mol. The maximum absolute atomic E-state index is 13.6. The van der Waals surface area contributed by atoms with Gasteiger partial charge >= 0.3 is 0 Å². The van der Waals surface area contributed by atoms with Crippen LogP contribution in [0.25, 0.3) is 10.9 Å². The van der Waals surface area contributed by atoms with Crippen molar-refractivity contribution in [3.8, 4) is 0 Å². The number of nitrogens with one attached hydrogen (secondary N) is 2. The second-order valence-corrected chi connectivity index (χ2v) is 10.7. The van der Waals surface area contributed by atoms with Gasteiger partial charge in [-0.1, -0.05) is 51.4 Å². The van der Waals surface area contributed by atoms with Gasteiger partial charge in [0.05, 0.1) is 5.60 Å². The van der Waals surface area contributed by atoms with Gasteiger partial charge in [-0.05, 0) is 54.3 Å². The molecular weight excluding hydrogens is 450 g/mol. The summed E-state index contributed by atoms with van der Waals surface area (Å²) in [5.41, 5.74) is 0.581. The van der Waals surface area contributed by atoms with Crippen molar-refractivity contribution in [1.29, 1.82) is 0 Å². The van der Waals surface area contributed by atoms with Crippen LogP contribution in [-0.2, 0) is 10.4 Å². The number of hydrogen-bond acceptors (Lipinski definition) is 3. The average molecular weight is 482 g/mol. The number of carbonyl (C=O) groups is 2. The molecule has 0 radical (unpaired) electrons. The van der Waals surface area contributed by atoms with E-state index >= 15 is 0 Å². The fourth-order valence-electron chi connectivity index (χ4n) is 4.90. The van der Waals surface area contributed by atoms with E-state index in [-0.39, 0.29) is 17.7 Å². The van der Waals surface area contributed by atoms with E-state index in [9.17, 15) is 14.7 Å². The number of benzene rings is 2. The number of likely N-dealkylation sites (tertiary alicyclic amines) is 1. The van der Waals surface area contributed by atoms with E-state index < -0.39 is 17.1 Å². The molecule has 1 aliphatic rings. The van der Waals surface area contributed by atoms with Crippen molar-refractivity contribution in [2.45, 2.75) is 45.8 Å². The van der Waals surface area contributed by atoms with Crippen LogP contribution in [0.2, 0.25) is 5.02 Å². The number of fused-ring (bicyclic) bond motifs is 1. The maximum atomic E-state index is 13.6. The first-order valence-electron chi connectivity index (χ1n) is 11.7. The van der Waals surface area contributed by atoms with E-state index in [4.69, 9.17) is 11.6 Å². The van der Waals surface area contributed by atoms with Gasteiger partial charge in [0.1, 0.15) is 6.04 Å². The Bertz CT molecular complexity index is 1200. The summed E-state index contributed by atoms with van der Waals surface area (Å²) in [5.74, 6) is -0.492. The Kier molecular flexibility index (Phi) is 6.49. The van der Waals surface area contributed by atoms with Crippen molar-refractivity contribution in [2.24, 2.45) is 11.3 Å². The minimum Gasteiger partial charge on any atom is -0.384 e. The van der Waals surface area contributed by atoms with Crippen molar-refractivity contribution in [2.75, 3.05) is 13.1 Å². The summed E-state index contributed by atoms with van der Waals surface area (Å²) in [6.07, 6.45) is 2.23. The van der Waals surface area contributed by atoms with Gasteiger partial charge in [0.15, 0.2) is 0 Å². The molecule has 2 amide bonds. The number of amides is 2. The Balaban J connectivity index is 1.51. The molecule has 3 N–H and O–H groups in total. The molecule has 2 aromatic carbocycles. The number of carbonyl (C=O) groups excluding carboxylic acids is 2. The van der Waals surface area contributed by atoms with Crippen molar-refractivity contribution in [3.05, 3.63) is 70.9 Å². The number of nitrogens with zero attached hydrogens (tertiary/aromatic N) is 1. The predicted octanol–water partition coefficient (Wildman–Crippen LogP) is 4.72. The van der Waals surface area contributed by atoms with E-state index in [1.54, 1.807) is 23.1 Å². The number of aromatic nitrogens is 1. The summed E-state index contributed by atoms with van der Waals surface area (Å²) in [6.45, 7) is 8.57. The Morgan fingerprint density at radius 2 is 1.82 bits per heavy atom. The quantitative estimate of drug-likeness (QED) is 0.492. The highest BCUT2D eigenvalue weighted by atomic mass is 35.5. The van der Waals surface area contributed by atoms with Crippen LogP contribution in [-0.4, -0.2) is 45.9 Å². The smallest absolute Gasteiger partial charge is 0.251 e. The molecule has 7 heteroatoms. The number of rotatable bonds is 5. The first-order chi connectivity index (χ1) is 16.0. The van der Waals surface area contributed by atoms with Crippen LogP contribution in [0.1, 0.15) is 50.0 Å². The van der Waals surface area contributed by atoms with Gasteiger partial charge in [-0.3, -0.25) is 9.59 Å². The Morgan fingerprint density at radius 3 is 2.47 bits per heavy atom. The molecule has 1 aliphatic heterocycles. The molecule has 4 rings (SSSR count). The van der Waals surface area contributed by atoms with Gasteiger partial charge in [-0.25, -0.2) is 0 Å². The van der Waals surface area contributed by atoms with Gasteiger partial charge in [0, 0.05) is 46.2 Å². The Hall–Kier alpha value is -2.83. The molecule has 2 heterocycles. The van der Waals surface area contributed by atoms with E-state index in [0.717, 1.165) is 16.5 Å². The largest absolute Gasteiger partial charge is 0.384 e. The molecule has 0 spiro atoms. The number of aromatic amines is 1.